The van der Waals surface area contributed by atoms with Gasteiger partial charge in [0.25, 0.3) is 5.69 Å². The fourth-order valence-electron chi connectivity index (χ4n) is 1.91. The number of nitrogens with zero attached hydrogens (tertiary/aromatic N) is 2. The zero-order valence-corrected chi connectivity index (χ0v) is 11.3. The average molecular weight is 273 g/mol. The van der Waals surface area contributed by atoms with Gasteiger partial charge < -0.3 is 10.1 Å². The number of nitrogens with one attached hydrogen (secondary N) is 1. The van der Waals surface area contributed by atoms with Gasteiger partial charge in [0.05, 0.1) is 12.0 Å². The van der Waals surface area contributed by atoms with Crippen LogP contribution >= 0.6 is 0 Å². The molecule has 1 heterocycles. The largest absolute Gasteiger partial charge is 0.481 e. The van der Waals surface area contributed by atoms with Gasteiger partial charge in [0.15, 0.2) is 0 Å². The van der Waals surface area contributed by atoms with Gasteiger partial charge in [-0.25, -0.2) is 4.98 Å². The molecule has 1 aromatic carbocycles. The number of aryl methyl sites for hydroxylation is 1. The maximum Gasteiger partial charge on any atom is 0.271 e. The van der Waals surface area contributed by atoms with Crippen LogP contribution in [0.25, 0.3) is 0 Å². The number of ether oxygens (including phenoxy) is 1. The first-order chi connectivity index (χ1) is 9.60. The summed E-state index contributed by atoms with van der Waals surface area (Å²) in [5, 5.41) is 14.0. The van der Waals surface area contributed by atoms with E-state index in [1.165, 1.54) is 12.1 Å². The van der Waals surface area contributed by atoms with Crippen molar-refractivity contribution in [3.63, 3.8) is 0 Å². The molecule has 1 aromatic heterocycles. The second kappa shape index (κ2) is 6.01. The summed E-state index contributed by atoms with van der Waals surface area (Å²) in [5.41, 5.74) is 2.49. The summed E-state index contributed by atoms with van der Waals surface area (Å²) in [6, 6.07) is 8.61. The number of rotatable bonds is 5. The summed E-state index contributed by atoms with van der Waals surface area (Å²) in [6.07, 6.45) is 1.65. The van der Waals surface area contributed by atoms with Gasteiger partial charge in [-0.05, 0) is 24.6 Å². The molecule has 104 valence electrons. The van der Waals surface area contributed by atoms with E-state index in [9.17, 15) is 10.1 Å². The van der Waals surface area contributed by atoms with Crippen LogP contribution in [0, 0.1) is 17.0 Å². The molecule has 1 N–H and O–H groups in total. The number of hydrogen-bond acceptors (Lipinski definition) is 5. The highest BCUT2D eigenvalue weighted by molar-refractivity contribution is 5.54. The number of anilines is 1. The Morgan fingerprint density at radius 1 is 1.40 bits per heavy atom. The van der Waals surface area contributed by atoms with E-state index in [2.05, 4.69) is 10.3 Å². The van der Waals surface area contributed by atoms with Crippen molar-refractivity contribution < 1.29 is 9.66 Å². The number of methoxy groups -OCH3 is 1. The minimum Gasteiger partial charge on any atom is -0.481 e. The number of nitro groups is 1. The van der Waals surface area contributed by atoms with Crippen molar-refractivity contribution in [2.24, 2.45) is 0 Å². The van der Waals surface area contributed by atoms with E-state index in [1.807, 2.05) is 25.1 Å². The smallest absolute Gasteiger partial charge is 0.271 e. The highest BCUT2D eigenvalue weighted by atomic mass is 16.6. The zero-order valence-electron chi connectivity index (χ0n) is 11.3. The Balaban J connectivity index is 2.16. The summed E-state index contributed by atoms with van der Waals surface area (Å²) in [5.74, 6) is 0.544. The first-order valence-corrected chi connectivity index (χ1v) is 6.08. The predicted octanol–water partition coefficient (Wildman–Crippen LogP) is 2.92. The van der Waals surface area contributed by atoms with Crippen molar-refractivity contribution in [1.82, 2.24) is 4.98 Å². The van der Waals surface area contributed by atoms with E-state index in [-0.39, 0.29) is 5.69 Å². The van der Waals surface area contributed by atoms with Gasteiger partial charge in [-0.1, -0.05) is 6.07 Å². The van der Waals surface area contributed by atoms with Gasteiger partial charge in [0.2, 0.25) is 5.88 Å². The van der Waals surface area contributed by atoms with Gasteiger partial charge in [0.1, 0.15) is 0 Å². The van der Waals surface area contributed by atoms with Gasteiger partial charge in [-0.15, -0.1) is 0 Å². The molecular weight excluding hydrogens is 258 g/mol. The molecule has 0 spiro atoms. The third-order valence-corrected chi connectivity index (χ3v) is 2.80. The number of non-ortho nitro benzene ring substituents is 1. The summed E-state index contributed by atoms with van der Waals surface area (Å²) in [4.78, 5) is 14.5. The predicted molar refractivity (Wildman–Crippen MR) is 75.9 cm³/mol. The molecule has 6 heteroatoms. The van der Waals surface area contributed by atoms with Crippen molar-refractivity contribution >= 4 is 11.4 Å². The van der Waals surface area contributed by atoms with E-state index < -0.39 is 4.92 Å². The minimum absolute atomic E-state index is 0.0747. The lowest BCUT2D eigenvalue weighted by Crippen LogP contribution is -2.03. The normalized spacial score (nSPS) is 10.1. The van der Waals surface area contributed by atoms with Crippen LogP contribution in [0.5, 0.6) is 5.88 Å². The van der Waals surface area contributed by atoms with Crippen LogP contribution in [0.15, 0.2) is 36.5 Å². The minimum atomic E-state index is -0.400. The number of nitro benzene ring substituents is 1. The lowest BCUT2D eigenvalue weighted by Gasteiger charge is -2.10. The molecule has 0 saturated carbocycles. The Morgan fingerprint density at radius 3 is 2.90 bits per heavy atom. The molecular formula is C14H15N3O3. The molecule has 20 heavy (non-hydrogen) atoms. The quantitative estimate of drug-likeness (QED) is 0.669. The monoisotopic (exact) mass is 273 g/mol. The highest BCUT2D eigenvalue weighted by Gasteiger charge is 2.09. The molecule has 6 nitrogen and oxygen atoms in total. The lowest BCUT2D eigenvalue weighted by atomic mass is 10.2. The molecule has 0 amide bonds. The second-order valence-electron chi connectivity index (χ2n) is 4.34. The Morgan fingerprint density at radius 2 is 2.20 bits per heavy atom. The Kier molecular flexibility index (Phi) is 4.14. The third-order valence-electron chi connectivity index (χ3n) is 2.80. The molecule has 0 aliphatic rings. The van der Waals surface area contributed by atoms with Crippen LogP contribution in [0.4, 0.5) is 11.4 Å². The lowest BCUT2D eigenvalue weighted by molar-refractivity contribution is -0.384. The topological polar surface area (TPSA) is 77.3 Å². The van der Waals surface area contributed by atoms with Crippen molar-refractivity contribution in [3.05, 3.63) is 57.8 Å². The summed E-state index contributed by atoms with van der Waals surface area (Å²) >= 11 is 0. The van der Waals surface area contributed by atoms with E-state index in [1.54, 1.807) is 13.3 Å². The number of hydrogen-bond donors (Lipinski definition) is 1. The summed E-state index contributed by atoms with van der Waals surface area (Å²) in [7, 11) is 1.56. The van der Waals surface area contributed by atoms with Gasteiger partial charge in [0, 0.05) is 36.1 Å². The van der Waals surface area contributed by atoms with Crippen molar-refractivity contribution in [2.75, 3.05) is 12.4 Å². The molecule has 0 unspecified atom stereocenters. The Labute approximate surface area is 116 Å². The Hall–Kier alpha value is -2.63. The molecule has 2 rings (SSSR count). The van der Waals surface area contributed by atoms with Crippen molar-refractivity contribution in [2.45, 2.75) is 13.5 Å². The molecule has 0 atom stereocenters. The van der Waals surface area contributed by atoms with Crippen molar-refractivity contribution in [1.29, 1.82) is 0 Å². The molecule has 0 fully saturated rings. The van der Waals surface area contributed by atoms with E-state index in [4.69, 9.17) is 4.74 Å². The van der Waals surface area contributed by atoms with E-state index in [0.717, 1.165) is 11.1 Å². The van der Waals surface area contributed by atoms with Crippen LogP contribution < -0.4 is 10.1 Å². The van der Waals surface area contributed by atoms with Crippen LogP contribution in [0.1, 0.15) is 11.1 Å². The molecule has 0 bridgehead atoms. The first kappa shape index (κ1) is 13.8. The number of benzene rings is 1. The molecule has 2 aromatic rings. The van der Waals surface area contributed by atoms with Gasteiger partial charge >= 0.3 is 0 Å². The summed E-state index contributed by atoms with van der Waals surface area (Å²) < 4.78 is 5.16. The fourth-order valence-corrected chi connectivity index (χ4v) is 1.91. The van der Waals surface area contributed by atoms with E-state index >= 15 is 0 Å². The second-order valence-corrected chi connectivity index (χ2v) is 4.34. The van der Waals surface area contributed by atoms with Crippen molar-refractivity contribution in [3.8, 4) is 5.88 Å². The molecule has 0 aliphatic heterocycles. The number of pyridine rings is 1. The number of aromatic nitrogens is 1. The summed E-state index contributed by atoms with van der Waals surface area (Å²) in [6.45, 7) is 2.31. The van der Waals surface area contributed by atoms with Crippen LogP contribution in [0.3, 0.4) is 0 Å². The third kappa shape index (κ3) is 3.23. The standard InChI is InChI=1S/C14H15N3O3/c1-10-6-12(8-13(7-10)17(18)19)16-9-11-4-3-5-15-14(11)20-2/h3-8,16H,9H2,1-2H3. The van der Waals surface area contributed by atoms with Crippen LogP contribution in [-0.4, -0.2) is 17.0 Å². The fraction of sp³-hybridized carbons (Fsp3) is 0.214. The highest BCUT2D eigenvalue weighted by Crippen LogP contribution is 2.22. The average Bonchev–Trinajstić information content (AvgIpc) is 2.44. The van der Waals surface area contributed by atoms with Crippen LogP contribution in [0.2, 0.25) is 0 Å². The van der Waals surface area contributed by atoms with E-state index in [0.29, 0.717) is 18.1 Å². The Bertz CT molecular complexity index is 629. The maximum atomic E-state index is 10.8. The van der Waals surface area contributed by atoms with Gasteiger partial charge in [-0.2, -0.15) is 0 Å². The maximum absolute atomic E-state index is 10.8. The molecule has 0 saturated heterocycles. The van der Waals surface area contributed by atoms with Gasteiger partial charge in [-0.3, -0.25) is 10.1 Å². The van der Waals surface area contributed by atoms with Crippen LogP contribution in [-0.2, 0) is 6.54 Å². The first-order valence-electron chi connectivity index (χ1n) is 6.08. The zero-order chi connectivity index (χ0) is 14.5. The molecule has 0 radical (unpaired) electrons. The molecule has 0 aliphatic carbocycles. The SMILES string of the molecule is COc1ncccc1CNc1cc(C)cc([N+](=O)[O-])c1.